The first-order valence-electron chi connectivity index (χ1n) is 13.3. The Hall–Kier alpha value is -2.90. The standard InChI is InChI=1S/C26H35ClFN4O7Si/c1-26(2,3)39-25(36)32-14-40(31-22(33)13-37-17-6-7-19(27)20(28)12-17)9-8-21(32)24(35)30-29-23(34)15-10-18(11-15)38-16-4-5-16/h6-7,12,15-16,18,21H,4-5,8-11,13-14H2,1-3H3,(H,29,34)(H,30,35)(H,31,33)/t15?,18?,21-/m1/s1. The lowest BCUT2D eigenvalue weighted by atomic mass is 9.82. The second-order valence-electron chi connectivity index (χ2n) is 11.3. The summed E-state index contributed by atoms with van der Waals surface area (Å²) in [5.41, 5.74) is 4.13. The summed E-state index contributed by atoms with van der Waals surface area (Å²) in [6.07, 6.45) is 3.48. The molecule has 1 aromatic carbocycles. The number of amides is 4. The van der Waals surface area contributed by atoms with Crippen LogP contribution >= 0.6 is 11.6 Å². The minimum atomic E-state index is -1.66. The van der Waals surface area contributed by atoms with Crippen molar-refractivity contribution in [3.05, 3.63) is 29.0 Å². The zero-order valence-electron chi connectivity index (χ0n) is 22.8. The van der Waals surface area contributed by atoms with E-state index in [-0.39, 0.29) is 47.9 Å². The molecule has 1 saturated heterocycles. The van der Waals surface area contributed by atoms with E-state index in [4.69, 9.17) is 25.8 Å². The molecular weight excluding hydrogens is 563 g/mol. The Morgan fingerprint density at radius 2 is 1.77 bits per heavy atom. The number of ether oxygens (including phenoxy) is 3. The van der Waals surface area contributed by atoms with Gasteiger partial charge in [0, 0.05) is 18.2 Å². The van der Waals surface area contributed by atoms with Gasteiger partial charge in [0.15, 0.2) is 15.6 Å². The minimum absolute atomic E-state index is 0.0556. The molecule has 4 rings (SSSR count). The maximum Gasteiger partial charge on any atom is 0.410 e. The van der Waals surface area contributed by atoms with E-state index in [9.17, 15) is 23.6 Å². The molecule has 1 aliphatic heterocycles. The van der Waals surface area contributed by atoms with Gasteiger partial charge in [0.05, 0.1) is 17.2 Å². The van der Waals surface area contributed by atoms with Crippen LogP contribution in [0.1, 0.15) is 52.9 Å². The van der Waals surface area contributed by atoms with E-state index in [1.54, 1.807) is 20.8 Å². The van der Waals surface area contributed by atoms with Crippen molar-refractivity contribution in [2.75, 3.05) is 12.8 Å². The minimum Gasteiger partial charge on any atom is -0.484 e. The predicted octanol–water partition coefficient (Wildman–Crippen LogP) is 2.62. The average Bonchev–Trinajstić information content (AvgIpc) is 3.68. The Bertz CT molecular complexity index is 1130. The number of hydrogen-bond acceptors (Lipinski definition) is 7. The smallest absolute Gasteiger partial charge is 0.410 e. The summed E-state index contributed by atoms with van der Waals surface area (Å²) in [4.78, 5) is 55.2. The third-order valence-corrected chi connectivity index (χ3v) is 9.20. The molecule has 0 aromatic heterocycles. The number of nitrogens with one attached hydrogen (secondary N) is 3. The molecule has 2 aliphatic carbocycles. The molecule has 1 radical (unpaired) electrons. The molecule has 1 heterocycles. The van der Waals surface area contributed by atoms with E-state index >= 15 is 0 Å². The number of carbonyl (C=O) groups is 4. The molecule has 2 saturated carbocycles. The van der Waals surface area contributed by atoms with Gasteiger partial charge in [-0.15, -0.1) is 0 Å². The van der Waals surface area contributed by atoms with Gasteiger partial charge in [-0.2, -0.15) is 0 Å². The van der Waals surface area contributed by atoms with Crippen LogP contribution < -0.4 is 20.6 Å². The fraction of sp³-hybridized carbons (Fsp3) is 0.615. The van der Waals surface area contributed by atoms with Gasteiger partial charge in [-0.05, 0) is 71.1 Å². The van der Waals surface area contributed by atoms with Gasteiger partial charge >= 0.3 is 6.09 Å². The third kappa shape index (κ3) is 8.55. The largest absolute Gasteiger partial charge is 0.484 e. The molecule has 3 N–H and O–H groups in total. The molecule has 40 heavy (non-hydrogen) atoms. The SMILES string of the molecule is CC(C)(C)OC(=O)N1C[Si](NC(=O)COc2ccc(Cl)c(F)c2)CC[C@@H]1C(=O)NNC(=O)C1CC(OC2CC2)C1. The quantitative estimate of drug-likeness (QED) is 0.310. The fourth-order valence-corrected chi connectivity index (χ4v) is 6.70. The lowest BCUT2D eigenvalue weighted by Gasteiger charge is -2.38. The van der Waals surface area contributed by atoms with Crippen molar-refractivity contribution < 1.29 is 37.8 Å². The highest BCUT2D eigenvalue weighted by molar-refractivity contribution is 6.59. The number of benzene rings is 1. The van der Waals surface area contributed by atoms with E-state index in [0.29, 0.717) is 25.0 Å². The lowest BCUT2D eigenvalue weighted by molar-refractivity contribution is -0.139. The van der Waals surface area contributed by atoms with Crippen molar-refractivity contribution >= 4 is 44.4 Å². The Labute approximate surface area is 239 Å². The van der Waals surface area contributed by atoms with E-state index in [1.807, 2.05) is 0 Å². The normalized spacial score (nSPS) is 23.0. The van der Waals surface area contributed by atoms with Crippen LogP contribution in [0.5, 0.6) is 5.75 Å². The molecule has 4 amide bonds. The van der Waals surface area contributed by atoms with Gasteiger partial charge in [0.2, 0.25) is 11.8 Å². The molecule has 1 aromatic rings. The van der Waals surface area contributed by atoms with Gasteiger partial charge in [0.1, 0.15) is 23.2 Å². The van der Waals surface area contributed by atoms with E-state index < -0.39 is 44.3 Å². The molecule has 0 unspecified atom stereocenters. The van der Waals surface area contributed by atoms with Crippen LogP contribution in [0.15, 0.2) is 18.2 Å². The van der Waals surface area contributed by atoms with Gasteiger partial charge in [0.25, 0.3) is 5.91 Å². The maximum atomic E-state index is 13.6. The Kier molecular flexibility index (Phi) is 9.57. The predicted molar refractivity (Wildman–Crippen MR) is 144 cm³/mol. The van der Waals surface area contributed by atoms with E-state index in [0.717, 1.165) is 18.9 Å². The summed E-state index contributed by atoms with van der Waals surface area (Å²) < 4.78 is 30.3. The maximum absolute atomic E-state index is 13.6. The third-order valence-electron chi connectivity index (χ3n) is 6.65. The lowest BCUT2D eigenvalue weighted by Crippen LogP contribution is -2.62. The topological polar surface area (TPSA) is 135 Å². The second kappa shape index (κ2) is 12.7. The zero-order chi connectivity index (χ0) is 29.0. The number of nitrogens with zero attached hydrogens (tertiary/aromatic N) is 1. The van der Waals surface area contributed by atoms with Gasteiger partial charge in [-0.1, -0.05) is 11.6 Å². The fourth-order valence-electron chi connectivity index (χ4n) is 4.37. The molecule has 3 fully saturated rings. The van der Waals surface area contributed by atoms with E-state index in [2.05, 4.69) is 15.8 Å². The first-order chi connectivity index (χ1) is 18.9. The summed E-state index contributed by atoms with van der Waals surface area (Å²) in [5.74, 6) is -2.00. The van der Waals surface area contributed by atoms with Crippen LogP contribution in [0.2, 0.25) is 11.1 Å². The monoisotopic (exact) mass is 597 g/mol. The molecule has 14 heteroatoms. The molecule has 1 atom stereocenters. The molecule has 3 aliphatic rings. The first kappa shape index (κ1) is 30.1. The molecule has 0 spiro atoms. The molecular formula is C26H35ClFN4O7Si. The summed E-state index contributed by atoms with van der Waals surface area (Å²) in [6, 6.07) is 3.46. The highest BCUT2D eigenvalue weighted by Crippen LogP contribution is 2.36. The van der Waals surface area contributed by atoms with Crippen LogP contribution in [-0.4, -0.2) is 74.3 Å². The summed E-state index contributed by atoms with van der Waals surface area (Å²) in [5, 5.41) is -0.0556. The van der Waals surface area contributed by atoms with Crippen LogP contribution in [0.25, 0.3) is 0 Å². The molecule has 11 nitrogen and oxygen atoms in total. The Morgan fingerprint density at radius 1 is 1.07 bits per heavy atom. The number of halogens is 2. The van der Waals surface area contributed by atoms with Crippen LogP contribution in [0.3, 0.4) is 0 Å². The van der Waals surface area contributed by atoms with Gasteiger partial charge < -0.3 is 19.2 Å². The highest BCUT2D eigenvalue weighted by Gasteiger charge is 2.41. The summed E-state index contributed by atoms with van der Waals surface area (Å²) in [7, 11) is -1.66. The van der Waals surface area contributed by atoms with Crippen molar-refractivity contribution in [3.8, 4) is 5.75 Å². The Morgan fingerprint density at radius 3 is 2.42 bits per heavy atom. The van der Waals surface area contributed by atoms with Gasteiger partial charge in [-0.3, -0.25) is 30.1 Å². The highest BCUT2D eigenvalue weighted by atomic mass is 35.5. The number of rotatable bonds is 8. The van der Waals surface area contributed by atoms with Gasteiger partial charge in [-0.25, -0.2) is 9.18 Å². The zero-order valence-corrected chi connectivity index (χ0v) is 24.5. The number of carbonyl (C=O) groups excluding carboxylic acids is 4. The van der Waals surface area contributed by atoms with Crippen molar-refractivity contribution in [3.63, 3.8) is 0 Å². The van der Waals surface area contributed by atoms with Crippen molar-refractivity contribution in [1.29, 1.82) is 0 Å². The van der Waals surface area contributed by atoms with Crippen LogP contribution in [0.4, 0.5) is 9.18 Å². The summed E-state index contributed by atoms with van der Waals surface area (Å²) in [6.45, 7) is 4.79. The molecule has 219 valence electrons. The van der Waals surface area contributed by atoms with Crippen LogP contribution in [-0.2, 0) is 23.9 Å². The van der Waals surface area contributed by atoms with Crippen molar-refractivity contribution in [2.45, 2.75) is 82.8 Å². The summed E-state index contributed by atoms with van der Waals surface area (Å²) >= 11 is 5.66. The number of hydrazine groups is 1. The van der Waals surface area contributed by atoms with E-state index in [1.165, 1.54) is 17.0 Å². The van der Waals surface area contributed by atoms with Crippen LogP contribution in [0, 0.1) is 11.7 Å². The van der Waals surface area contributed by atoms with Crippen molar-refractivity contribution in [1.82, 2.24) is 20.7 Å². The number of hydrogen-bond donors (Lipinski definition) is 3. The Balaban J connectivity index is 1.28. The molecule has 0 bridgehead atoms. The first-order valence-corrected chi connectivity index (χ1v) is 15.6. The van der Waals surface area contributed by atoms with Crippen molar-refractivity contribution in [2.24, 2.45) is 5.92 Å². The second-order valence-corrected chi connectivity index (χ2v) is 14.0. The average molecular weight is 598 g/mol.